The Bertz CT molecular complexity index is 1780. The minimum atomic E-state index is -4.52. The summed E-state index contributed by atoms with van der Waals surface area (Å²) in [7, 11) is 0. The zero-order valence-corrected chi connectivity index (χ0v) is 22.7. The Morgan fingerprint density at radius 1 is 1.05 bits per heavy atom. The van der Waals surface area contributed by atoms with Crippen LogP contribution in [-0.2, 0) is 4.74 Å². The molecule has 0 unspecified atom stereocenters. The number of benzene rings is 2. The molecule has 0 amide bonds. The van der Waals surface area contributed by atoms with Crippen LogP contribution in [0.5, 0.6) is 5.75 Å². The van der Waals surface area contributed by atoms with Crippen LogP contribution in [0.1, 0.15) is 28.4 Å². The molecule has 3 aromatic heterocycles. The van der Waals surface area contributed by atoms with E-state index in [0.29, 0.717) is 34.2 Å². The van der Waals surface area contributed by atoms with Crippen LogP contribution in [0.15, 0.2) is 72.9 Å². The molecule has 6 rings (SSSR count). The Labute approximate surface area is 242 Å². The van der Waals surface area contributed by atoms with E-state index >= 15 is 0 Å². The summed E-state index contributed by atoms with van der Waals surface area (Å²) in [6.07, 6.45) is -2.67. The van der Waals surface area contributed by atoms with E-state index in [1.54, 1.807) is 42.5 Å². The highest BCUT2D eigenvalue weighted by Crippen LogP contribution is 2.39. The molecule has 2 N–H and O–H groups in total. The van der Waals surface area contributed by atoms with Gasteiger partial charge in [0, 0.05) is 36.8 Å². The number of rotatable bonds is 8. The van der Waals surface area contributed by atoms with Crippen molar-refractivity contribution in [1.29, 1.82) is 0 Å². The molecule has 1 aliphatic heterocycles. The van der Waals surface area contributed by atoms with E-state index in [9.17, 15) is 22.4 Å². The van der Waals surface area contributed by atoms with Crippen molar-refractivity contribution in [3.63, 3.8) is 0 Å². The van der Waals surface area contributed by atoms with Crippen molar-refractivity contribution < 1.29 is 31.8 Å². The number of carbonyl (C=O) groups excluding carboxylic acids is 1. The lowest BCUT2D eigenvalue weighted by molar-refractivity contribution is -0.183. The predicted octanol–water partition coefficient (Wildman–Crippen LogP) is 4.96. The Morgan fingerprint density at radius 3 is 2.60 bits per heavy atom. The molecule has 4 heterocycles. The number of hydrogen-bond acceptors (Lipinski definition) is 8. The normalized spacial score (nSPS) is 16.5. The van der Waals surface area contributed by atoms with Gasteiger partial charge < -0.3 is 15.2 Å². The Morgan fingerprint density at radius 2 is 1.86 bits per heavy atom. The van der Waals surface area contributed by atoms with Crippen LogP contribution >= 0.6 is 0 Å². The average Bonchev–Trinajstić information content (AvgIpc) is 3.60. The molecule has 0 spiro atoms. The summed E-state index contributed by atoms with van der Waals surface area (Å²) in [6.45, 7) is 0.177. The van der Waals surface area contributed by atoms with Crippen molar-refractivity contribution in [3.05, 3.63) is 89.9 Å². The monoisotopic (exact) mass is 594 g/mol. The van der Waals surface area contributed by atoms with Crippen molar-refractivity contribution in [2.45, 2.75) is 24.7 Å². The van der Waals surface area contributed by atoms with Crippen molar-refractivity contribution in [1.82, 2.24) is 24.5 Å². The Hall–Kier alpha value is -4.62. The number of alkyl halides is 3. The fourth-order valence-electron chi connectivity index (χ4n) is 5.20. The van der Waals surface area contributed by atoms with E-state index < -0.39 is 24.0 Å². The van der Waals surface area contributed by atoms with Crippen LogP contribution in [0, 0.1) is 5.82 Å². The Kier molecular flexibility index (Phi) is 7.67. The lowest BCUT2D eigenvalue weighted by Crippen LogP contribution is -2.38. The third kappa shape index (κ3) is 5.99. The number of ether oxygens (including phenoxy) is 2. The summed E-state index contributed by atoms with van der Waals surface area (Å²) < 4.78 is 69.5. The molecule has 43 heavy (non-hydrogen) atoms. The number of fused-ring (bicyclic) bond motifs is 2. The summed E-state index contributed by atoms with van der Waals surface area (Å²) in [5, 5.41) is 8.74. The van der Waals surface area contributed by atoms with Gasteiger partial charge >= 0.3 is 12.1 Å². The second-order valence-corrected chi connectivity index (χ2v) is 10.2. The topological polar surface area (TPSA) is 108 Å². The number of likely N-dealkylation sites (tertiary alicyclic amines) is 1. The number of nitrogens with two attached hydrogens (primary N) is 1. The molecule has 0 radical (unpaired) electrons. The van der Waals surface area contributed by atoms with Gasteiger partial charge in [-0.05, 0) is 42.3 Å². The third-order valence-corrected chi connectivity index (χ3v) is 7.23. The van der Waals surface area contributed by atoms with E-state index in [-0.39, 0.29) is 49.5 Å². The van der Waals surface area contributed by atoms with E-state index in [4.69, 9.17) is 15.2 Å². The fourth-order valence-corrected chi connectivity index (χ4v) is 5.20. The van der Waals surface area contributed by atoms with Gasteiger partial charge in [0.2, 0.25) is 0 Å². The number of pyridine rings is 2. The molecule has 13 heteroatoms. The molecule has 2 atom stereocenters. The van der Waals surface area contributed by atoms with Crippen molar-refractivity contribution in [2.24, 2.45) is 5.73 Å². The number of carbonyl (C=O) groups is 1. The summed E-state index contributed by atoms with van der Waals surface area (Å²) >= 11 is 0. The van der Waals surface area contributed by atoms with E-state index in [1.807, 2.05) is 0 Å². The maximum atomic E-state index is 14.7. The number of hydrogen-bond donors (Lipinski definition) is 1. The minimum Gasteiger partial charge on any atom is -0.487 e. The summed E-state index contributed by atoms with van der Waals surface area (Å²) in [5.41, 5.74) is 7.34. The number of esters is 1. The molecule has 1 saturated heterocycles. The first-order chi connectivity index (χ1) is 20.7. The van der Waals surface area contributed by atoms with Crippen LogP contribution < -0.4 is 10.5 Å². The molecule has 0 aliphatic carbocycles. The van der Waals surface area contributed by atoms with Crippen LogP contribution in [0.2, 0.25) is 0 Å². The van der Waals surface area contributed by atoms with Gasteiger partial charge in [-0.15, -0.1) is 10.2 Å². The van der Waals surface area contributed by atoms with Gasteiger partial charge in [-0.25, -0.2) is 14.2 Å². The molecule has 1 fully saturated rings. The highest BCUT2D eigenvalue weighted by molar-refractivity contribution is 5.89. The molecule has 0 bridgehead atoms. The average molecular weight is 595 g/mol. The second-order valence-electron chi connectivity index (χ2n) is 10.2. The molecule has 5 aromatic rings. The van der Waals surface area contributed by atoms with Crippen LogP contribution in [0.3, 0.4) is 0 Å². The molecular formula is C30H26F4N6O3. The predicted molar refractivity (Wildman–Crippen MR) is 149 cm³/mol. The minimum absolute atomic E-state index is 0.0293. The summed E-state index contributed by atoms with van der Waals surface area (Å²) in [6, 6.07) is 15.0. The van der Waals surface area contributed by atoms with Crippen LogP contribution in [0.4, 0.5) is 17.6 Å². The quantitative estimate of drug-likeness (QED) is 0.153. The molecular weight excluding hydrogens is 568 g/mol. The zero-order chi connectivity index (χ0) is 30.1. The molecule has 1 aliphatic rings. The largest absolute Gasteiger partial charge is 0.487 e. The molecule has 9 nitrogen and oxygen atoms in total. The van der Waals surface area contributed by atoms with Crippen molar-refractivity contribution in [2.75, 3.05) is 26.3 Å². The van der Waals surface area contributed by atoms with Gasteiger partial charge in [0.1, 0.15) is 24.9 Å². The van der Waals surface area contributed by atoms with E-state index in [2.05, 4.69) is 15.2 Å². The summed E-state index contributed by atoms with van der Waals surface area (Å²) in [4.78, 5) is 18.0. The van der Waals surface area contributed by atoms with E-state index in [1.165, 1.54) is 39.8 Å². The Balaban J connectivity index is 1.24. The third-order valence-electron chi connectivity index (χ3n) is 7.23. The lowest BCUT2D eigenvalue weighted by Gasteiger charge is -2.30. The maximum absolute atomic E-state index is 14.7. The van der Waals surface area contributed by atoms with Crippen LogP contribution in [0.25, 0.3) is 28.1 Å². The summed E-state index contributed by atoms with van der Waals surface area (Å²) in [5.74, 6) is -1.03. The van der Waals surface area contributed by atoms with Gasteiger partial charge in [-0.3, -0.25) is 9.30 Å². The standard InChI is InChI=1S/C30H26F4N6O3/c31-22-14-19-6-8-23(36-24(19)15-25(22)42-12-13-43-29(41)18-4-2-1-3-5-18)28-38-37-26-9-7-20(16-40(26)28)27(30(32,33)34)39-11-10-21(35)17-39/h1-9,14-16,21,27H,10-13,17,35H2/t21-,27-/m0/s1. The first-order valence-corrected chi connectivity index (χ1v) is 13.5. The maximum Gasteiger partial charge on any atom is 0.408 e. The smallest absolute Gasteiger partial charge is 0.408 e. The van der Waals surface area contributed by atoms with Crippen LogP contribution in [-0.4, -0.2) is 69.0 Å². The molecule has 0 saturated carbocycles. The highest BCUT2D eigenvalue weighted by atomic mass is 19.4. The second kappa shape index (κ2) is 11.6. The van der Waals surface area contributed by atoms with Crippen molar-refractivity contribution >= 4 is 22.5 Å². The number of aromatic nitrogens is 4. The highest BCUT2D eigenvalue weighted by Gasteiger charge is 2.46. The van der Waals surface area contributed by atoms with Gasteiger partial charge in [-0.2, -0.15) is 13.2 Å². The molecule has 2 aromatic carbocycles. The van der Waals surface area contributed by atoms with Gasteiger partial charge in [0.25, 0.3) is 0 Å². The van der Waals surface area contributed by atoms with Gasteiger partial charge in [0.05, 0.1) is 11.1 Å². The van der Waals surface area contributed by atoms with Crippen molar-refractivity contribution in [3.8, 4) is 17.3 Å². The molecule has 222 valence electrons. The zero-order valence-electron chi connectivity index (χ0n) is 22.7. The number of nitrogens with zero attached hydrogens (tertiary/aromatic N) is 5. The fraction of sp³-hybridized carbons (Fsp3) is 0.267. The van der Waals surface area contributed by atoms with E-state index in [0.717, 1.165) is 0 Å². The SMILES string of the molecule is N[C@H]1CCN([C@@H](c2ccc3nnc(-c4ccc5cc(F)c(OCCOC(=O)c6ccccc6)cc5n4)n3c2)C(F)(F)F)C1. The lowest BCUT2D eigenvalue weighted by atomic mass is 10.1. The first kappa shape index (κ1) is 28.5. The van der Waals surface area contributed by atoms with Gasteiger partial charge in [-0.1, -0.05) is 30.3 Å². The van der Waals surface area contributed by atoms with Gasteiger partial charge in [0.15, 0.2) is 23.0 Å². The number of halogens is 4. The first-order valence-electron chi connectivity index (χ1n) is 13.5.